The van der Waals surface area contributed by atoms with Crippen LogP contribution in [0.25, 0.3) is 11.0 Å². The third-order valence-electron chi connectivity index (χ3n) is 3.17. The number of anilines is 2. The van der Waals surface area contributed by atoms with Crippen LogP contribution in [0.1, 0.15) is 17.3 Å². The maximum Gasteiger partial charge on any atom is 0.255 e. The van der Waals surface area contributed by atoms with Gasteiger partial charge in [-0.1, -0.05) is 6.07 Å². The summed E-state index contributed by atoms with van der Waals surface area (Å²) in [6.07, 6.45) is 3.22. The fourth-order valence-corrected chi connectivity index (χ4v) is 2.19. The zero-order valence-electron chi connectivity index (χ0n) is 12.4. The lowest BCUT2D eigenvalue weighted by Gasteiger charge is -2.08. The fourth-order valence-electron chi connectivity index (χ4n) is 2.19. The molecule has 0 spiro atoms. The van der Waals surface area contributed by atoms with E-state index in [1.54, 1.807) is 54.9 Å². The molecule has 6 heteroatoms. The van der Waals surface area contributed by atoms with Gasteiger partial charge in [0, 0.05) is 36.3 Å². The first-order valence-electron chi connectivity index (χ1n) is 7.01. The quantitative estimate of drug-likeness (QED) is 0.779. The van der Waals surface area contributed by atoms with E-state index < -0.39 is 0 Å². The van der Waals surface area contributed by atoms with Crippen LogP contribution in [0, 0.1) is 0 Å². The van der Waals surface area contributed by atoms with E-state index in [9.17, 15) is 9.59 Å². The lowest BCUT2D eigenvalue weighted by molar-refractivity contribution is -0.114. The number of amides is 2. The second-order valence-electron chi connectivity index (χ2n) is 4.98. The Morgan fingerprint density at radius 1 is 0.870 bits per heavy atom. The van der Waals surface area contributed by atoms with Gasteiger partial charge in [0.1, 0.15) is 0 Å². The van der Waals surface area contributed by atoms with Crippen molar-refractivity contribution in [2.24, 2.45) is 0 Å². The summed E-state index contributed by atoms with van der Waals surface area (Å²) >= 11 is 0. The topological polar surface area (TPSA) is 84.0 Å². The van der Waals surface area contributed by atoms with Gasteiger partial charge < -0.3 is 10.6 Å². The average molecular weight is 306 g/mol. The van der Waals surface area contributed by atoms with Gasteiger partial charge in [-0.05, 0) is 36.4 Å². The summed E-state index contributed by atoms with van der Waals surface area (Å²) in [6.45, 7) is 1.42. The summed E-state index contributed by atoms with van der Waals surface area (Å²) in [4.78, 5) is 31.8. The monoisotopic (exact) mass is 306 g/mol. The molecule has 2 N–H and O–H groups in total. The molecular weight excluding hydrogens is 292 g/mol. The van der Waals surface area contributed by atoms with E-state index in [1.807, 2.05) is 0 Å². The van der Waals surface area contributed by atoms with E-state index in [0.717, 1.165) is 5.52 Å². The van der Waals surface area contributed by atoms with Crippen LogP contribution in [0.4, 0.5) is 11.4 Å². The van der Waals surface area contributed by atoms with Crippen molar-refractivity contribution in [1.82, 2.24) is 9.97 Å². The smallest absolute Gasteiger partial charge is 0.255 e. The van der Waals surface area contributed by atoms with E-state index in [4.69, 9.17) is 0 Å². The number of nitrogens with one attached hydrogen (secondary N) is 2. The highest BCUT2D eigenvalue weighted by atomic mass is 16.2. The molecule has 2 aromatic carbocycles. The molecule has 23 heavy (non-hydrogen) atoms. The zero-order chi connectivity index (χ0) is 16.2. The van der Waals surface area contributed by atoms with E-state index in [0.29, 0.717) is 22.5 Å². The predicted octanol–water partition coefficient (Wildman–Crippen LogP) is 2.84. The zero-order valence-corrected chi connectivity index (χ0v) is 12.4. The van der Waals surface area contributed by atoms with Gasteiger partial charge in [-0.2, -0.15) is 0 Å². The number of benzene rings is 2. The summed E-state index contributed by atoms with van der Waals surface area (Å²) in [5.41, 5.74) is 3.13. The predicted molar refractivity (Wildman–Crippen MR) is 88.2 cm³/mol. The second-order valence-corrected chi connectivity index (χ2v) is 4.98. The van der Waals surface area contributed by atoms with Gasteiger partial charge in [0.2, 0.25) is 5.91 Å². The minimum atomic E-state index is -0.263. The number of hydrogen-bond acceptors (Lipinski definition) is 4. The van der Waals surface area contributed by atoms with Crippen molar-refractivity contribution in [3.8, 4) is 0 Å². The molecule has 0 saturated carbocycles. The first-order valence-corrected chi connectivity index (χ1v) is 7.01. The first-order chi connectivity index (χ1) is 11.1. The molecule has 3 rings (SSSR count). The van der Waals surface area contributed by atoms with Crippen molar-refractivity contribution in [3.05, 3.63) is 60.4 Å². The van der Waals surface area contributed by atoms with E-state index in [1.165, 1.54) is 6.92 Å². The molecule has 0 atom stereocenters. The Balaban J connectivity index is 1.81. The third kappa shape index (κ3) is 3.49. The second kappa shape index (κ2) is 6.23. The van der Waals surface area contributed by atoms with Gasteiger partial charge in [0.15, 0.2) is 0 Å². The summed E-state index contributed by atoms with van der Waals surface area (Å²) in [6, 6.07) is 12.1. The normalized spacial score (nSPS) is 10.3. The highest BCUT2D eigenvalue weighted by molar-refractivity contribution is 6.05. The molecule has 0 radical (unpaired) electrons. The number of rotatable bonds is 3. The molecule has 0 unspecified atom stereocenters. The van der Waals surface area contributed by atoms with Gasteiger partial charge in [-0.15, -0.1) is 0 Å². The van der Waals surface area contributed by atoms with Crippen LogP contribution in [0.15, 0.2) is 54.9 Å². The van der Waals surface area contributed by atoms with E-state index in [2.05, 4.69) is 20.6 Å². The maximum absolute atomic E-state index is 12.3. The van der Waals surface area contributed by atoms with Crippen molar-refractivity contribution in [1.29, 1.82) is 0 Å². The van der Waals surface area contributed by atoms with Crippen molar-refractivity contribution < 1.29 is 9.59 Å². The van der Waals surface area contributed by atoms with Crippen LogP contribution in [-0.4, -0.2) is 21.8 Å². The van der Waals surface area contributed by atoms with Crippen LogP contribution in [0.2, 0.25) is 0 Å². The number of nitrogens with zero attached hydrogens (tertiary/aromatic N) is 2. The maximum atomic E-state index is 12.3. The Morgan fingerprint density at radius 3 is 2.39 bits per heavy atom. The Kier molecular flexibility index (Phi) is 3.97. The lowest BCUT2D eigenvalue weighted by atomic mass is 10.1. The molecule has 0 aliphatic heterocycles. The summed E-state index contributed by atoms with van der Waals surface area (Å²) < 4.78 is 0. The Morgan fingerprint density at radius 2 is 1.61 bits per heavy atom. The van der Waals surface area contributed by atoms with Gasteiger partial charge in [-0.3, -0.25) is 19.6 Å². The fraction of sp³-hybridized carbons (Fsp3) is 0.0588. The molecule has 0 aliphatic rings. The van der Waals surface area contributed by atoms with Crippen LogP contribution >= 0.6 is 0 Å². The highest BCUT2D eigenvalue weighted by Crippen LogP contribution is 2.17. The molecule has 0 fully saturated rings. The number of aromatic nitrogens is 2. The summed E-state index contributed by atoms with van der Waals surface area (Å²) in [7, 11) is 0. The standard InChI is InChI=1S/C17H14N4O2/c1-11(22)20-13-4-2-3-12(9-13)17(23)21-14-5-6-15-16(10-14)19-8-7-18-15/h2-10H,1H3,(H,20,22)(H,21,23). The number of carbonyl (C=O) groups is 2. The summed E-state index contributed by atoms with van der Waals surface area (Å²) in [5.74, 6) is -0.448. The number of hydrogen-bond donors (Lipinski definition) is 2. The molecule has 0 saturated heterocycles. The minimum absolute atomic E-state index is 0.185. The van der Waals surface area contributed by atoms with Crippen LogP contribution in [0.3, 0.4) is 0 Å². The molecule has 0 bridgehead atoms. The lowest BCUT2D eigenvalue weighted by Crippen LogP contribution is -2.13. The Bertz CT molecular complexity index is 892. The Labute approximate surface area is 132 Å². The van der Waals surface area contributed by atoms with E-state index in [-0.39, 0.29) is 11.8 Å². The molecule has 2 amide bonds. The van der Waals surface area contributed by atoms with Crippen molar-refractivity contribution in [3.63, 3.8) is 0 Å². The van der Waals surface area contributed by atoms with Crippen LogP contribution < -0.4 is 10.6 Å². The van der Waals surface area contributed by atoms with Crippen molar-refractivity contribution in [2.75, 3.05) is 10.6 Å². The molecule has 3 aromatic rings. The summed E-state index contributed by atoms with van der Waals surface area (Å²) in [5, 5.41) is 5.46. The third-order valence-corrected chi connectivity index (χ3v) is 3.17. The molecule has 1 heterocycles. The molecule has 0 aliphatic carbocycles. The number of fused-ring (bicyclic) bond motifs is 1. The van der Waals surface area contributed by atoms with Gasteiger partial charge >= 0.3 is 0 Å². The van der Waals surface area contributed by atoms with Crippen molar-refractivity contribution >= 4 is 34.2 Å². The molecule has 6 nitrogen and oxygen atoms in total. The van der Waals surface area contributed by atoms with Crippen LogP contribution in [0.5, 0.6) is 0 Å². The first kappa shape index (κ1) is 14.6. The number of carbonyl (C=O) groups excluding carboxylic acids is 2. The average Bonchev–Trinajstić information content (AvgIpc) is 2.54. The molecular formula is C17H14N4O2. The van der Waals surface area contributed by atoms with Crippen molar-refractivity contribution in [2.45, 2.75) is 6.92 Å². The van der Waals surface area contributed by atoms with Gasteiger partial charge in [0.25, 0.3) is 5.91 Å². The Hall–Kier alpha value is -3.28. The van der Waals surface area contributed by atoms with Gasteiger partial charge in [-0.25, -0.2) is 0 Å². The minimum Gasteiger partial charge on any atom is -0.326 e. The largest absolute Gasteiger partial charge is 0.326 e. The molecule has 1 aromatic heterocycles. The SMILES string of the molecule is CC(=O)Nc1cccc(C(=O)Nc2ccc3nccnc3c2)c1. The molecule has 114 valence electrons. The highest BCUT2D eigenvalue weighted by Gasteiger charge is 2.08. The van der Waals surface area contributed by atoms with Crippen LogP contribution in [-0.2, 0) is 4.79 Å². The van der Waals surface area contributed by atoms with Gasteiger partial charge in [0.05, 0.1) is 11.0 Å². The van der Waals surface area contributed by atoms with E-state index >= 15 is 0 Å².